The molecule has 25 heavy (non-hydrogen) atoms. The molecular formula is C17H21N5O2S. The van der Waals surface area contributed by atoms with E-state index in [0.717, 1.165) is 15.3 Å². The van der Waals surface area contributed by atoms with Gasteiger partial charge in [0, 0.05) is 42.7 Å². The fourth-order valence-electron chi connectivity index (χ4n) is 2.75. The van der Waals surface area contributed by atoms with Crippen molar-refractivity contribution in [2.45, 2.75) is 46.2 Å². The second-order valence-corrected chi connectivity index (χ2v) is 7.41. The van der Waals surface area contributed by atoms with E-state index in [1.54, 1.807) is 12.5 Å². The number of aryl methyl sites for hydroxylation is 3. The van der Waals surface area contributed by atoms with Crippen LogP contribution in [0.2, 0.25) is 0 Å². The average Bonchev–Trinajstić information content (AvgIpc) is 3.14. The Balaban J connectivity index is 1.60. The van der Waals surface area contributed by atoms with Gasteiger partial charge in [0.1, 0.15) is 10.7 Å². The number of aromatic nitrogens is 4. The monoisotopic (exact) mass is 359 g/mol. The smallest absolute Gasteiger partial charge is 0.259 e. The van der Waals surface area contributed by atoms with Gasteiger partial charge in [0.25, 0.3) is 5.56 Å². The third-order valence-corrected chi connectivity index (χ3v) is 5.23. The Kier molecular flexibility index (Phi) is 4.98. The first-order chi connectivity index (χ1) is 11.9. The van der Waals surface area contributed by atoms with E-state index in [0.29, 0.717) is 24.2 Å². The predicted molar refractivity (Wildman–Crippen MR) is 97.9 cm³/mol. The predicted octanol–water partition coefficient (Wildman–Crippen LogP) is 1.94. The zero-order valence-electron chi connectivity index (χ0n) is 14.5. The molecule has 0 aliphatic carbocycles. The van der Waals surface area contributed by atoms with Crippen molar-refractivity contribution in [1.29, 1.82) is 0 Å². The number of carbonyl (C=O) groups is 1. The van der Waals surface area contributed by atoms with Gasteiger partial charge in [-0.05, 0) is 26.3 Å². The minimum absolute atomic E-state index is 0.00113. The van der Waals surface area contributed by atoms with Gasteiger partial charge in [0.05, 0.1) is 11.7 Å². The van der Waals surface area contributed by atoms with E-state index in [-0.39, 0.29) is 23.9 Å². The fraction of sp³-hybridized carbons (Fsp3) is 0.412. The maximum absolute atomic E-state index is 12.2. The summed E-state index contributed by atoms with van der Waals surface area (Å²) in [5, 5.41) is 3.61. The topological polar surface area (TPSA) is 92.7 Å². The van der Waals surface area contributed by atoms with Crippen LogP contribution in [-0.4, -0.2) is 31.5 Å². The van der Waals surface area contributed by atoms with E-state index in [4.69, 9.17) is 0 Å². The van der Waals surface area contributed by atoms with Gasteiger partial charge in [-0.15, -0.1) is 11.3 Å². The molecule has 0 aliphatic heterocycles. The molecule has 0 saturated heterocycles. The maximum atomic E-state index is 12.2. The molecule has 132 valence electrons. The summed E-state index contributed by atoms with van der Waals surface area (Å²) in [4.78, 5) is 37.5. The van der Waals surface area contributed by atoms with E-state index in [1.165, 1.54) is 11.3 Å². The summed E-state index contributed by atoms with van der Waals surface area (Å²) in [7, 11) is 0. The number of aromatic amines is 1. The van der Waals surface area contributed by atoms with Crippen molar-refractivity contribution in [1.82, 2.24) is 24.8 Å². The fourth-order valence-corrected chi connectivity index (χ4v) is 3.80. The quantitative estimate of drug-likeness (QED) is 0.703. The summed E-state index contributed by atoms with van der Waals surface area (Å²) in [6.45, 7) is 6.53. The molecule has 0 saturated carbocycles. The Bertz CT molecular complexity index is 942. The second kappa shape index (κ2) is 7.18. The van der Waals surface area contributed by atoms with Crippen LogP contribution in [0.15, 0.2) is 23.5 Å². The van der Waals surface area contributed by atoms with Crippen LogP contribution in [0.3, 0.4) is 0 Å². The molecule has 0 aliphatic rings. The highest BCUT2D eigenvalue weighted by Gasteiger charge is 2.13. The first-order valence-corrected chi connectivity index (χ1v) is 8.99. The Morgan fingerprint density at radius 2 is 2.24 bits per heavy atom. The number of imidazole rings is 1. The zero-order chi connectivity index (χ0) is 18.0. The van der Waals surface area contributed by atoms with Crippen LogP contribution in [0.4, 0.5) is 0 Å². The first-order valence-electron chi connectivity index (χ1n) is 8.18. The molecule has 7 nitrogen and oxygen atoms in total. The molecule has 0 bridgehead atoms. The number of amides is 1. The van der Waals surface area contributed by atoms with Gasteiger partial charge in [0.2, 0.25) is 5.91 Å². The summed E-state index contributed by atoms with van der Waals surface area (Å²) >= 11 is 1.51. The number of hydrogen-bond acceptors (Lipinski definition) is 5. The molecule has 1 amide bonds. The van der Waals surface area contributed by atoms with Crippen molar-refractivity contribution in [3.8, 4) is 0 Å². The van der Waals surface area contributed by atoms with E-state index in [2.05, 4.69) is 20.3 Å². The third kappa shape index (κ3) is 3.96. The molecule has 1 unspecified atom stereocenters. The summed E-state index contributed by atoms with van der Waals surface area (Å²) in [5.41, 5.74) is 0.849. The Labute approximate surface area is 149 Å². The first kappa shape index (κ1) is 17.3. The van der Waals surface area contributed by atoms with Crippen molar-refractivity contribution >= 4 is 27.5 Å². The van der Waals surface area contributed by atoms with Crippen LogP contribution in [0.1, 0.15) is 29.6 Å². The van der Waals surface area contributed by atoms with E-state index in [9.17, 15) is 9.59 Å². The van der Waals surface area contributed by atoms with Crippen LogP contribution in [-0.2, 0) is 17.8 Å². The lowest BCUT2D eigenvalue weighted by Crippen LogP contribution is -2.35. The van der Waals surface area contributed by atoms with Gasteiger partial charge in [0.15, 0.2) is 0 Å². The van der Waals surface area contributed by atoms with Gasteiger partial charge < -0.3 is 14.9 Å². The molecule has 0 radical (unpaired) electrons. The van der Waals surface area contributed by atoms with Gasteiger partial charge in [-0.2, -0.15) is 0 Å². The number of nitrogens with zero attached hydrogens (tertiary/aromatic N) is 3. The van der Waals surface area contributed by atoms with Gasteiger partial charge in [-0.25, -0.2) is 9.97 Å². The molecular weight excluding hydrogens is 338 g/mol. The highest BCUT2D eigenvalue weighted by Crippen LogP contribution is 2.25. The van der Waals surface area contributed by atoms with E-state index < -0.39 is 0 Å². The molecule has 3 aromatic heterocycles. The molecule has 3 rings (SSSR count). The largest absolute Gasteiger partial charge is 0.352 e. The van der Waals surface area contributed by atoms with Crippen LogP contribution >= 0.6 is 11.3 Å². The summed E-state index contributed by atoms with van der Waals surface area (Å²) in [6.07, 6.45) is 5.98. The highest BCUT2D eigenvalue weighted by molar-refractivity contribution is 7.18. The minimum Gasteiger partial charge on any atom is -0.352 e. The van der Waals surface area contributed by atoms with Crippen molar-refractivity contribution in [3.63, 3.8) is 0 Å². The summed E-state index contributed by atoms with van der Waals surface area (Å²) in [6, 6.07) is -0.00113. The van der Waals surface area contributed by atoms with E-state index >= 15 is 0 Å². The Hall–Kier alpha value is -2.48. The minimum atomic E-state index is -0.129. The molecule has 0 spiro atoms. The van der Waals surface area contributed by atoms with Gasteiger partial charge >= 0.3 is 0 Å². The summed E-state index contributed by atoms with van der Waals surface area (Å²) in [5.74, 6) is 0.491. The number of carbonyl (C=O) groups excluding carboxylic acids is 1. The van der Waals surface area contributed by atoms with Gasteiger partial charge in [-0.3, -0.25) is 9.59 Å². The molecule has 0 aromatic carbocycles. The number of nitrogens with one attached hydrogen (secondary N) is 2. The molecule has 3 aromatic rings. The number of thiophene rings is 1. The second-order valence-electron chi connectivity index (χ2n) is 6.20. The van der Waals surface area contributed by atoms with Crippen LogP contribution < -0.4 is 10.9 Å². The third-order valence-electron chi connectivity index (χ3n) is 4.13. The lowest BCUT2D eigenvalue weighted by atomic mass is 10.2. The normalized spacial score (nSPS) is 12.4. The zero-order valence-corrected chi connectivity index (χ0v) is 15.3. The number of rotatable bonds is 6. The maximum Gasteiger partial charge on any atom is 0.259 e. The SMILES string of the molecule is Cc1sc2nc(CCC(=O)NC(C)Cn3ccnc3)[nH]c(=O)c2c1C. The van der Waals surface area contributed by atoms with Crippen LogP contribution in [0.5, 0.6) is 0 Å². The molecule has 2 N–H and O–H groups in total. The highest BCUT2D eigenvalue weighted by atomic mass is 32.1. The Morgan fingerprint density at radius 3 is 2.96 bits per heavy atom. The van der Waals surface area contributed by atoms with Crippen LogP contribution in [0, 0.1) is 13.8 Å². The standard InChI is InChI=1S/C17H21N5O2S/c1-10(8-22-7-6-18-9-22)19-14(23)5-4-13-20-16(24)15-11(2)12(3)25-17(15)21-13/h6-7,9-10H,4-5,8H2,1-3H3,(H,19,23)(H,20,21,24). The average molecular weight is 359 g/mol. The van der Waals surface area contributed by atoms with Crippen molar-refractivity contribution < 1.29 is 4.79 Å². The lowest BCUT2D eigenvalue weighted by Gasteiger charge is -2.14. The van der Waals surface area contributed by atoms with E-state index in [1.807, 2.05) is 31.5 Å². The number of fused-ring (bicyclic) bond motifs is 1. The number of hydrogen-bond donors (Lipinski definition) is 2. The van der Waals surface area contributed by atoms with Crippen molar-refractivity contribution in [2.24, 2.45) is 0 Å². The summed E-state index contributed by atoms with van der Waals surface area (Å²) < 4.78 is 1.92. The number of H-pyrrole nitrogens is 1. The molecule has 8 heteroatoms. The lowest BCUT2D eigenvalue weighted by molar-refractivity contribution is -0.121. The Morgan fingerprint density at radius 1 is 1.44 bits per heavy atom. The van der Waals surface area contributed by atoms with Crippen molar-refractivity contribution in [3.05, 3.63) is 45.3 Å². The molecule has 0 fully saturated rings. The van der Waals surface area contributed by atoms with Gasteiger partial charge in [-0.1, -0.05) is 0 Å². The van der Waals surface area contributed by atoms with Crippen LogP contribution in [0.25, 0.3) is 10.2 Å². The molecule has 1 atom stereocenters. The molecule has 3 heterocycles. The van der Waals surface area contributed by atoms with Crippen molar-refractivity contribution in [2.75, 3.05) is 0 Å².